The van der Waals surface area contributed by atoms with Crippen LogP contribution in [-0.4, -0.2) is 63.7 Å². The van der Waals surface area contributed by atoms with Crippen molar-refractivity contribution in [2.24, 2.45) is 7.05 Å². The van der Waals surface area contributed by atoms with Gasteiger partial charge in [0.1, 0.15) is 11.5 Å². The number of piperidine rings is 1. The molecule has 0 aromatic carbocycles. The summed E-state index contributed by atoms with van der Waals surface area (Å²) in [4.78, 5) is 13.4. The highest BCUT2D eigenvalue weighted by Gasteiger charge is 2.32. The van der Waals surface area contributed by atoms with E-state index in [1.165, 1.54) is 4.31 Å². The molecule has 25 heavy (non-hydrogen) atoms. The lowest BCUT2D eigenvalue weighted by Gasteiger charge is -2.33. The molecule has 0 radical (unpaired) electrons. The van der Waals surface area contributed by atoms with E-state index in [1.807, 2.05) is 30.8 Å². The summed E-state index contributed by atoms with van der Waals surface area (Å²) in [6.07, 6.45) is 5.34. The predicted molar refractivity (Wildman–Crippen MR) is 95.1 cm³/mol. The first-order chi connectivity index (χ1) is 11.8. The van der Waals surface area contributed by atoms with Crippen LogP contribution in [0.4, 0.5) is 0 Å². The van der Waals surface area contributed by atoms with Gasteiger partial charge in [0.15, 0.2) is 5.82 Å². The third-order valence-corrected chi connectivity index (χ3v) is 6.41. The van der Waals surface area contributed by atoms with Crippen molar-refractivity contribution < 1.29 is 8.42 Å². The van der Waals surface area contributed by atoms with Gasteiger partial charge in [-0.3, -0.25) is 0 Å². The van der Waals surface area contributed by atoms with Crippen LogP contribution in [0.2, 0.25) is 0 Å². The van der Waals surface area contributed by atoms with Gasteiger partial charge >= 0.3 is 0 Å². The van der Waals surface area contributed by atoms with Crippen LogP contribution in [0.5, 0.6) is 0 Å². The second-order valence-electron chi connectivity index (χ2n) is 6.57. The summed E-state index contributed by atoms with van der Waals surface area (Å²) in [5.41, 5.74) is 1.65. The highest BCUT2D eigenvalue weighted by atomic mass is 32.2. The van der Waals surface area contributed by atoms with E-state index in [2.05, 4.69) is 15.0 Å². The lowest BCUT2D eigenvalue weighted by Crippen LogP contribution is -2.45. The van der Waals surface area contributed by atoms with Crippen LogP contribution in [-0.2, 0) is 17.3 Å². The highest BCUT2D eigenvalue weighted by Crippen LogP contribution is 2.29. The minimum Gasteiger partial charge on any atom is -0.333 e. The molecule has 1 aliphatic heterocycles. The summed E-state index contributed by atoms with van der Waals surface area (Å²) in [5.74, 6) is 1.51. The number of aromatic nitrogens is 4. The minimum absolute atomic E-state index is 0.0594. The molecule has 0 spiro atoms. The van der Waals surface area contributed by atoms with Gasteiger partial charge in [0.05, 0.1) is 0 Å². The molecule has 1 fully saturated rings. The summed E-state index contributed by atoms with van der Waals surface area (Å²) < 4.78 is 29.6. The van der Waals surface area contributed by atoms with Crippen molar-refractivity contribution in [2.45, 2.75) is 25.7 Å². The molecular weight excluding hydrogens is 340 g/mol. The topological polar surface area (TPSA) is 84.2 Å². The number of imidazole rings is 1. The summed E-state index contributed by atoms with van der Waals surface area (Å²) in [5, 5.41) is 0. The molecule has 1 aliphatic rings. The summed E-state index contributed by atoms with van der Waals surface area (Å²) in [6, 6.07) is 1.94. The van der Waals surface area contributed by atoms with Gasteiger partial charge < -0.3 is 4.57 Å². The van der Waals surface area contributed by atoms with Crippen LogP contribution in [0.25, 0.3) is 11.5 Å². The van der Waals surface area contributed by atoms with Crippen LogP contribution in [0.1, 0.15) is 30.3 Å². The van der Waals surface area contributed by atoms with Crippen LogP contribution in [0.15, 0.2) is 18.5 Å². The van der Waals surface area contributed by atoms with Crippen molar-refractivity contribution in [3.8, 4) is 11.5 Å². The average molecular weight is 364 g/mol. The van der Waals surface area contributed by atoms with Gasteiger partial charge in [-0.15, -0.1) is 0 Å². The Hall–Kier alpha value is -1.84. The molecule has 8 nitrogen and oxygen atoms in total. The summed E-state index contributed by atoms with van der Waals surface area (Å²) >= 11 is 0. The summed E-state index contributed by atoms with van der Waals surface area (Å²) in [6.45, 7) is 2.84. The second-order valence-corrected chi connectivity index (χ2v) is 8.72. The molecule has 0 aliphatic carbocycles. The maximum atomic E-state index is 12.4. The van der Waals surface area contributed by atoms with Crippen molar-refractivity contribution in [1.82, 2.24) is 28.1 Å². The van der Waals surface area contributed by atoms with Gasteiger partial charge in [-0.25, -0.2) is 15.0 Å². The van der Waals surface area contributed by atoms with E-state index in [-0.39, 0.29) is 5.92 Å². The maximum Gasteiger partial charge on any atom is 0.281 e. The Morgan fingerprint density at radius 1 is 1.28 bits per heavy atom. The van der Waals surface area contributed by atoms with E-state index in [1.54, 1.807) is 24.6 Å². The van der Waals surface area contributed by atoms with Crippen molar-refractivity contribution in [1.29, 1.82) is 0 Å². The van der Waals surface area contributed by atoms with Crippen LogP contribution in [0.3, 0.4) is 0 Å². The minimum atomic E-state index is -3.40. The SMILES string of the molecule is Cc1nc(-c2nccn2C)cc([C@@H]2CCCN(S(=O)(=O)N(C)C)C2)n1. The Morgan fingerprint density at radius 3 is 2.68 bits per heavy atom. The van der Waals surface area contributed by atoms with E-state index in [0.29, 0.717) is 18.9 Å². The third kappa shape index (κ3) is 3.58. The first kappa shape index (κ1) is 18.0. The Morgan fingerprint density at radius 2 is 2.04 bits per heavy atom. The molecule has 2 aromatic rings. The quantitative estimate of drug-likeness (QED) is 0.813. The third-order valence-electron chi connectivity index (χ3n) is 4.50. The lowest BCUT2D eigenvalue weighted by atomic mass is 9.95. The molecule has 9 heteroatoms. The highest BCUT2D eigenvalue weighted by molar-refractivity contribution is 7.86. The van der Waals surface area contributed by atoms with Crippen molar-refractivity contribution in [2.75, 3.05) is 27.2 Å². The van der Waals surface area contributed by atoms with Crippen molar-refractivity contribution in [3.63, 3.8) is 0 Å². The molecule has 3 rings (SSSR count). The monoisotopic (exact) mass is 364 g/mol. The molecule has 1 saturated heterocycles. The fraction of sp³-hybridized carbons (Fsp3) is 0.562. The van der Waals surface area contributed by atoms with Gasteiger partial charge in [0.2, 0.25) is 0 Å². The fourth-order valence-electron chi connectivity index (χ4n) is 3.15. The van der Waals surface area contributed by atoms with E-state index in [0.717, 1.165) is 30.1 Å². The van der Waals surface area contributed by atoms with Gasteiger partial charge in [-0.2, -0.15) is 17.0 Å². The number of hydrogen-bond acceptors (Lipinski definition) is 5. The normalized spacial score (nSPS) is 19.5. The average Bonchev–Trinajstić information content (AvgIpc) is 3.00. The Bertz CT molecular complexity index is 861. The molecule has 0 saturated carbocycles. The van der Waals surface area contributed by atoms with Crippen LogP contribution < -0.4 is 0 Å². The van der Waals surface area contributed by atoms with Crippen molar-refractivity contribution in [3.05, 3.63) is 30.0 Å². The summed E-state index contributed by atoms with van der Waals surface area (Å²) in [7, 11) is 1.64. The van der Waals surface area contributed by atoms with E-state index in [4.69, 9.17) is 0 Å². The first-order valence-corrected chi connectivity index (χ1v) is 9.69. The molecule has 0 amide bonds. The van der Waals surface area contributed by atoms with E-state index in [9.17, 15) is 8.42 Å². The molecule has 0 bridgehead atoms. The lowest BCUT2D eigenvalue weighted by molar-refractivity contribution is 0.296. The number of nitrogens with zero attached hydrogens (tertiary/aromatic N) is 6. The van der Waals surface area contributed by atoms with Crippen LogP contribution >= 0.6 is 0 Å². The smallest absolute Gasteiger partial charge is 0.281 e. The molecular formula is C16H24N6O2S. The fourth-order valence-corrected chi connectivity index (χ4v) is 4.34. The molecule has 0 N–H and O–H groups in total. The second kappa shape index (κ2) is 6.81. The standard InChI is InChI=1S/C16H24N6O2S/c1-12-18-14(10-15(19-12)16-17-7-9-21(16)4)13-6-5-8-22(11-13)25(23,24)20(2)3/h7,9-10,13H,5-6,8,11H2,1-4H3/t13-/m1/s1. The van der Waals surface area contributed by atoms with Gasteiger partial charge in [0, 0.05) is 58.2 Å². The van der Waals surface area contributed by atoms with Gasteiger partial charge in [-0.05, 0) is 25.8 Å². The molecule has 1 atom stereocenters. The molecule has 3 heterocycles. The zero-order valence-electron chi connectivity index (χ0n) is 15.0. The Balaban J connectivity index is 1.91. The predicted octanol–water partition coefficient (Wildman–Crippen LogP) is 1.17. The molecule has 0 unspecified atom stereocenters. The van der Waals surface area contributed by atoms with E-state index >= 15 is 0 Å². The number of aryl methyl sites for hydroxylation is 2. The zero-order valence-corrected chi connectivity index (χ0v) is 15.9. The Kier molecular flexibility index (Phi) is 4.90. The van der Waals surface area contributed by atoms with Gasteiger partial charge in [-0.1, -0.05) is 0 Å². The van der Waals surface area contributed by atoms with Crippen LogP contribution in [0, 0.1) is 6.92 Å². The van der Waals surface area contributed by atoms with Gasteiger partial charge in [0.25, 0.3) is 10.2 Å². The Labute approximate surface area is 148 Å². The zero-order chi connectivity index (χ0) is 18.2. The van der Waals surface area contributed by atoms with E-state index < -0.39 is 10.2 Å². The first-order valence-electron chi connectivity index (χ1n) is 8.30. The largest absolute Gasteiger partial charge is 0.333 e. The molecule has 136 valence electrons. The number of hydrogen-bond donors (Lipinski definition) is 0. The molecule has 2 aromatic heterocycles. The number of rotatable bonds is 4. The maximum absolute atomic E-state index is 12.4. The van der Waals surface area contributed by atoms with Crippen molar-refractivity contribution >= 4 is 10.2 Å².